The van der Waals surface area contributed by atoms with E-state index in [0.717, 1.165) is 0 Å². The summed E-state index contributed by atoms with van der Waals surface area (Å²) in [7, 11) is 0. The Morgan fingerprint density at radius 3 is 1.60 bits per heavy atom. The maximum atomic E-state index is 2.37. The van der Waals surface area contributed by atoms with Gasteiger partial charge in [0.05, 0.1) is 0 Å². The quantitative estimate of drug-likeness (QED) is 0.209. The Hall–Kier alpha value is -5.20. The van der Waals surface area contributed by atoms with Crippen LogP contribution in [0, 0.1) is 0 Å². The standard InChI is InChI=1S/C40H26/c1-2-10-31-24-33(22-20-27(31)8-1)29-18-16-28(17-19-29)32-11-7-12-34(25-32)39-26-35-23-21-30-9-3-4-13-36(30)40(35)38-15-6-5-14-37(38)39/h1-26H. The Morgan fingerprint density at radius 1 is 0.250 bits per heavy atom. The van der Waals surface area contributed by atoms with Crippen LogP contribution in [-0.4, -0.2) is 0 Å². The number of rotatable bonds is 3. The lowest BCUT2D eigenvalue weighted by Gasteiger charge is -2.14. The first-order chi connectivity index (χ1) is 19.8. The van der Waals surface area contributed by atoms with Gasteiger partial charge in [-0.05, 0) is 94.7 Å². The fourth-order valence-electron chi connectivity index (χ4n) is 6.21. The summed E-state index contributed by atoms with van der Waals surface area (Å²) in [6.07, 6.45) is 0. The third-order valence-electron chi connectivity index (χ3n) is 8.22. The van der Waals surface area contributed by atoms with Crippen molar-refractivity contribution in [2.24, 2.45) is 0 Å². The second kappa shape index (κ2) is 9.22. The van der Waals surface area contributed by atoms with E-state index in [2.05, 4.69) is 158 Å². The van der Waals surface area contributed by atoms with Gasteiger partial charge in [-0.15, -0.1) is 0 Å². The summed E-state index contributed by atoms with van der Waals surface area (Å²) >= 11 is 0. The highest BCUT2D eigenvalue weighted by atomic mass is 14.2. The van der Waals surface area contributed by atoms with Gasteiger partial charge in [-0.2, -0.15) is 0 Å². The molecule has 0 aliphatic carbocycles. The van der Waals surface area contributed by atoms with Crippen LogP contribution in [0.3, 0.4) is 0 Å². The lowest BCUT2D eigenvalue weighted by Crippen LogP contribution is -1.87. The zero-order valence-electron chi connectivity index (χ0n) is 22.0. The van der Waals surface area contributed by atoms with Crippen molar-refractivity contribution >= 4 is 43.1 Å². The van der Waals surface area contributed by atoms with Crippen molar-refractivity contribution in [3.05, 3.63) is 158 Å². The Balaban J connectivity index is 1.22. The lowest BCUT2D eigenvalue weighted by molar-refractivity contribution is 1.59. The monoisotopic (exact) mass is 506 g/mol. The summed E-state index contributed by atoms with van der Waals surface area (Å²) < 4.78 is 0. The van der Waals surface area contributed by atoms with Crippen LogP contribution in [0.25, 0.3) is 76.5 Å². The van der Waals surface area contributed by atoms with Gasteiger partial charge < -0.3 is 0 Å². The average Bonchev–Trinajstić information content (AvgIpc) is 3.04. The molecule has 8 aromatic rings. The van der Waals surface area contributed by atoms with E-state index in [9.17, 15) is 0 Å². The topological polar surface area (TPSA) is 0 Å². The summed E-state index contributed by atoms with van der Waals surface area (Å²) in [5.41, 5.74) is 7.44. The minimum atomic E-state index is 1.22. The Kier molecular flexibility index (Phi) is 5.24. The van der Waals surface area contributed by atoms with E-state index in [-0.39, 0.29) is 0 Å². The molecule has 0 aromatic heterocycles. The van der Waals surface area contributed by atoms with E-state index in [0.29, 0.717) is 0 Å². The van der Waals surface area contributed by atoms with Crippen LogP contribution in [-0.2, 0) is 0 Å². The number of hydrogen-bond donors (Lipinski definition) is 0. The third-order valence-corrected chi connectivity index (χ3v) is 8.22. The molecule has 186 valence electrons. The molecule has 0 saturated heterocycles. The second-order valence-electron chi connectivity index (χ2n) is 10.6. The van der Waals surface area contributed by atoms with E-state index in [4.69, 9.17) is 0 Å². The summed E-state index contributed by atoms with van der Waals surface area (Å²) in [5, 5.41) is 10.3. The van der Waals surface area contributed by atoms with E-state index in [1.807, 2.05) is 0 Å². The molecule has 8 rings (SSSR count). The highest BCUT2D eigenvalue weighted by Crippen LogP contribution is 2.39. The molecule has 0 heterocycles. The van der Waals surface area contributed by atoms with E-state index >= 15 is 0 Å². The molecule has 0 fully saturated rings. The van der Waals surface area contributed by atoms with Gasteiger partial charge in [-0.25, -0.2) is 0 Å². The van der Waals surface area contributed by atoms with Crippen LogP contribution < -0.4 is 0 Å². The second-order valence-corrected chi connectivity index (χ2v) is 10.6. The van der Waals surface area contributed by atoms with Crippen LogP contribution in [0.5, 0.6) is 0 Å². The predicted octanol–water partition coefficient (Wildman–Crippen LogP) is 11.3. The lowest BCUT2D eigenvalue weighted by atomic mass is 9.90. The molecule has 0 spiro atoms. The first-order valence-electron chi connectivity index (χ1n) is 13.9. The van der Waals surface area contributed by atoms with Crippen molar-refractivity contribution in [1.29, 1.82) is 0 Å². The summed E-state index contributed by atoms with van der Waals surface area (Å²) in [4.78, 5) is 0. The molecule has 0 amide bonds. The average molecular weight is 507 g/mol. The van der Waals surface area contributed by atoms with Crippen molar-refractivity contribution in [2.75, 3.05) is 0 Å². The molecule has 0 aliphatic heterocycles. The van der Waals surface area contributed by atoms with E-state index in [1.165, 1.54) is 76.5 Å². The van der Waals surface area contributed by atoms with Gasteiger partial charge in [-0.1, -0.05) is 140 Å². The predicted molar refractivity (Wildman–Crippen MR) is 173 cm³/mol. The first kappa shape index (κ1) is 22.8. The SMILES string of the molecule is c1cc(-c2ccc(-c3ccc4ccccc4c3)cc2)cc(-c2cc3ccc4ccccc4c3c3ccccc23)c1. The third kappa shape index (κ3) is 3.77. The number of benzene rings is 8. The van der Waals surface area contributed by atoms with Gasteiger partial charge in [-0.3, -0.25) is 0 Å². The molecule has 40 heavy (non-hydrogen) atoms. The summed E-state index contributed by atoms with van der Waals surface area (Å²) in [6.45, 7) is 0. The van der Waals surface area contributed by atoms with Crippen LogP contribution in [0.4, 0.5) is 0 Å². The minimum absolute atomic E-state index is 1.22. The Labute approximate surface area is 233 Å². The molecular weight excluding hydrogens is 480 g/mol. The van der Waals surface area contributed by atoms with Crippen LogP contribution in [0.1, 0.15) is 0 Å². The molecule has 0 nitrogen and oxygen atoms in total. The van der Waals surface area contributed by atoms with Gasteiger partial charge in [0, 0.05) is 0 Å². The van der Waals surface area contributed by atoms with Gasteiger partial charge in [0.25, 0.3) is 0 Å². The van der Waals surface area contributed by atoms with E-state index in [1.54, 1.807) is 0 Å². The van der Waals surface area contributed by atoms with Gasteiger partial charge in [0.2, 0.25) is 0 Å². The summed E-state index contributed by atoms with van der Waals surface area (Å²) in [6, 6.07) is 57.6. The zero-order chi connectivity index (χ0) is 26.5. The van der Waals surface area contributed by atoms with Crippen LogP contribution >= 0.6 is 0 Å². The molecule has 0 aliphatic rings. The van der Waals surface area contributed by atoms with Gasteiger partial charge in [0.15, 0.2) is 0 Å². The van der Waals surface area contributed by atoms with Gasteiger partial charge >= 0.3 is 0 Å². The summed E-state index contributed by atoms with van der Waals surface area (Å²) in [5.74, 6) is 0. The molecule has 0 N–H and O–H groups in total. The van der Waals surface area contributed by atoms with Crippen LogP contribution in [0.15, 0.2) is 158 Å². The molecule has 0 saturated carbocycles. The molecular formula is C40H26. The normalized spacial score (nSPS) is 11.5. The first-order valence-corrected chi connectivity index (χ1v) is 13.9. The molecule has 8 aromatic carbocycles. The maximum absolute atomic E-state index is 2.37. The largest absolute Gasteiger partial charge is 0.0616 e. The molecule has 0 bridgehead atoms. The van der Waals surface area contributed by atoms with Gasteiger partial charge in [0.1, 0.15) is 0 Å². The zero-order valence-corrected chi connectivity index (χ0v) is 22.0. The number of hydrogen-bond acceptors (Lipinski definition) is 0. The van der Waals surface area contributed by atoms with Crippen molar-refractivity contribution in [3.8, 4) is 33.4 Å². The molecule has 0 unspecified atom stereocenters. The minimum Gasteiger partial charge on any atom is -0.0616 e. The number of fused-ring (bicyclic) bond motifs is 6. The molecule has 0 heteroatoms. The maximum Gasteiger partial charge on any atom is -0.00264 e. The fourth-order valence-corrected chi connectivity index (χ4v) is 6.21. The Morgan fingerprint density at radius 2 is 0.800 bits per heavy atom. The smallest absolute Gasteiger partial charge is 0.00264 e. The Bertz CT molecular complexity index is 2200. The van der Waals surface area contributed by atoms with E-state index < -0.39 is 0 Å². The molecule has 0 atom stereocenters. The van der Waals surface area contributed by atoms with Crippen molar-refractivity contribution in [1.82, 2.24) is 0 Å². The van der Waals surface area contributed by atoms with Crippen LogP contribution in [0.2, 0.25) is 0 Å². The van der Waals surface area contributed by atoms with Crippen molar-refractivity contribution in [2.45, 2.75) is 0 Å². The highest BCUT2D eigenvalue weighted by molar-refractivity contribution is 6.23. The fraction of sp³-hybridized carbons (Fsp3) is 0. The molecule has 0 radical (unpaired) electrons. The van der Waals surface area contributed by atoms with Crippen molar-refractivity contribution in [3.63, 3.8) is 0 Å². The highest BCUT2D eigenvalue weighted by Gasteiger charge is 2.12. The van der Waals surface area contributed by atoms with Crippen molar-refractivity contribution < 1.29 is 0 Å².